The van der Waals surface area contributed by atoms with Crippen LogP contribution >= 0.6 is 0 Å². The molecule has 0 aliphatic carbocycles. The van der Waals surface area contributed by atoms with Crippen molar-refractivity contribution in [2.75, 3.05) is 7.11 Å². The molecule has 0 aromatic heterocycles. The molecule has 0 spiro atoms. The number of halogens is 2. The largest absolute Gasteiger partial charge is 0.380 e. The van der Waals surface area contributed by atoms with Crippen LogP contribution in [0.2, 0.25) is 0 Å². The molecule has 0 radical (unpaired) electrons. The van der Waals surface area contributed by atoms with Crippen LogP contribution in [0.5, 0.6) is 0 Å². The van der Waals surface area contributed by atoms with E-state index in [9.17, 15) is 8.78 Å². The molecule has 0 aliphatic heterocycles. The lowest BCUT2D eigenvalue weighted by Gasteiger charge is -2.06. The highest BCUT2D eigenvalue weighted by Gasteiger charge is 2.07. The molecule has 0 saturated carbocycles. The van der Waals surface area contributed by atoms with E-state index in [1.54, 1.807) is 7.11 Å². The average Bonchev–Trinajstić information content (AvgIpc) is 2.38. The van der Waals surface area contributed by atoms with E-state index in [1.165, 1.54) is 19.1 Å². The van der Waals surface area contributed by atoms with Gasteiger partial charge < -0.3 is 4.74 Å². The van der Waals surface area contributed by atoms with Gasteiger partial charge >= 0.3 is 0 Å². The first-order chi connectivity index (χ1) is 9.10. The van der Waals surface area contributed by atoms with Gasteiger partial charge in [-0.05, 0) is 42.2 Å². The van der Waals surface area contributed by atoms with Gasteiger partial charge in [0.1, 0.15) is 11.6 Å². The summed E-state index contributed by atoms with van der Waals surface area (Å²) in [5.41, 5.74) is 2.80. The van der Waals surface area contributed by atoms with Gasteiger partial charge in [0.2, 0.25) is 0 Å². The summed E-state index contributed by atoms with van der Waals surface area (Å²) < 4.78 is 31.9. The van der Waals surface area contributed by atoms with Gasteiger partial charge in [-0.1, -0.05) is 24.3 Å². The Labute approximate surface area is 111 Å². The van der Waals surface area contributed by atoms with E-state index in [0.29, 0.717) is 18.6 Å². The monoisotopic (exact) mass is 262 g/mol. The molecule has 19 heavy (non-hydrogen) atoms. The maximum atomic E-state index is 13.5. The Bertz CT molecular complexity index is 538. The van der Waals surface area contributed by atoms with Crippen LogP contribution in [0.15, 0.2) is 36.4 Å². The molecule has 100 valence electrons. The Morgan fingerprint density at radius 1 is 0.895 bits per heavy atom. The molecule has 0 fully saturated rings. The molecule has 2 aromatic rings. The summed E-state index contributed by atoms with van der Waals surface area (Å²) in [6.45, 7) is 2.00. The van der Waals surface area contributed by atoms with Crippen molar-refractivity contribution in [3.63, 3.8) is 0 Å². The van der Waals surface area contributed by atoms with Crippen LogP contribution in [0, 0.1) is 18.6 Å². The molecule has 0 unspecified atom stereocenters. The number of hydrogen-bond donors (Lipinski definition) is 0. The van der Waals surface area contributed by atoms with Crippen molar-refractivity contribution >= 4 is 0 Å². The number of rotatable bonds is 4. The Morgan fingerprint density at radius 2 is 1.42 bits per heavy atom. The lowest BCUT2D eigenvalue weighted by atomic mass is 10.0. The van der Waals surface area contributed by atoms with E-state index < -0.39 is 11.6 Å². The second-order valence-electron chi connectivity index (χ2n) is 4.61. The van der Waals surface area contributed by atoms with Crippen LogP contribution in [-0.2, 0) is 17.8 Å². The summed E-state index contributed by atoms with van der Waals surface area (Å²) in [7, 11) is 1.64. The Morgan fingerprint density at radius 3 is 1.95 bits per heavy atom. The molecule has 3 heteroatoms. The van der Waals surface area contributed by atoms with E-state index in [-0.39, 0.29) is 5.56 Å². The van der Waals surface area contributed by atoms with Gasteiger partial charge in [0.25, 0.3) is 0 Å². The molecule has 0 N–H and O–H groups in total. The second-order valence-corrected chi connectivity index (χ2v) is 4.61. The fraction of sp³-hybridized carbons (Fsp3) is 0.250. The van der Waals surface area contributed by atoms with E-state index in [2.05, 4.69) is 0 Å². The maximum Gasteiger partial charge on any atom is 0.129 e. The highest BCUT2D eigenvalue weighted by molar-refractivity contribution is 5.31. The first-order valence-electron chi connectivity index (χ1n) is 6.11. The minimum Gasteiger partial charge on any atom is -0.380 e. The standard InChI is InChI=1S/C16H16F2O/c1-11-15(17)8-14(9-16(11)18)7-12-3-5-13(6-4-12)10-19-2/h3-6,8-9H,7,10H2,1-2H3. The third-order valence-electron chi connectivity index (χ3n) is 3.08. The zero-order chi connectivity index (χ0) is 13.8. The average molecular weight is 262 g/mol. The van der Waals surface area contributed by atoms with Crippen LogP contribution in [0.1, 0.15) is 22.3 Å². The summed E-state index contributed by atoms with van der Waals surface area (Å²) in [5.74, 6) is -0.989. The van der Waals surface area contributed by atoms with Crippen molar-refractivity contribution in [3.05, 3.63) is 70.3 Å². The maximum absolute atomic E-state index is 13.5. The first-order valence-corrected chi connectivity index (χ1v) is 6.11. The molecule has 0 amide bonds. The van der Waals surface area contributed by atoms with Gasteiger partial charge in [0.15, 0.2) is 0 Å². The molecule has 0 heterocycles. The van der Waals surface area contributed by atoms with Crippen LogP contribution in [-0.4, -0.2) is 7.11 Å². The zero-order valence-corrected chi connectivity index (χ0v) is 11.0. The number of hydrogen-bond acceptors (Lipinski definition) is 1. The van der Waals surface area contributed by atoms with Gasteiger partial charge in [-0.2, -0.15) is 0 Å². The fourth-order valence-electron chi connectivity index (χ4n) is 1.96. The zero-order valence-electron chi connectivity index (χ0n) is 11.0. The quantitative estimate of drug-likeness (QED) is 0.809. The van der Waals surface area contributed by atoms with Gasteiger partial charge in [0, 0.05) is 12.7 Å². The molecule has 0 atom stereocenters. The van der Waals surface area contributed by atoms with E-state index >= 15 is 0 Å². The third kappa shape index (κ3) is 3.38. The SMILES string of the molecule is COCc1ccc(Cc2cc(F)c(C)c(F)c2)cc1. The molecule has 1 nitrogen and oxygen atoms in total. The third-order valence-corrected chi connectivity index (χ3v) is 3.08. The second kappa shape index (κ2) is 5.93. The molecule has 0 aliphatic rings. The van der Waals surface area contributed by atoms with Crippen molar-refractivity contribution in [1.82, 2.24) is 0 Å². The van der Waals surface area contributed by atoms with Crippen LogP contribution in [0.4, 0.5) is 8.78 Å². The Balaban J connectivity index is 2.17. The van der Waals surface area contributed by atoms with Crippen LogP contribution in [0.3, 0.4) is 0 Å². The van der Waals surface area contributed by atoms with Gasteiger partial charge in [0.05, 0.1) is 6.61 Å². The Hall–Kier alpha value is -1.74. The van der Waals surface area contributed by atoms with Crippen molar-refractivity contribution in [1.29, 1.82) is 0 Å². The predicted molar refractivity (Wildman–Crippen MR) is 71.1 cm³/mol. The number of benzene rings is 2. The molecule has 0 saturated heterocycles. The smallest absolute Gasteiger partial charge is 0.129 e. The highest BCUT2D eigenvalue weighted by atomic mass is 19.1. The highest BCUT2D eigenvalue weighted by Crippen LogP contribution is 2.17. The van der Waals surface area contributed by atoms with Crippen LogP contribution in [0.25, 0.3) is 0 Å². The number of methoxy groups -OCH3 is 1. The predicted octanol–water partition coefficient (Wildman–Crippen LogP) is 4.01. The van der Waals surface area contributed by atoms with Crippen molar-refractivity contribution in [2.45, 2.75) is 20.0 Å². The van der Waals surface area contributed by atoms with E-state index in [0.717, 1.165) is 11.1 Å². The van der Waals surface area contributed by atoms with Gasteiger partial charge in [-0.15, -0.1) is 0 Å². The molecule has 2 aromatic carbocycles. The topological polar surface area (TPSA) is 9.23 Å². The minimum absolute atomic E-state index is 0.0687. The van der Waals surface area contributed by atoms with Gasteiger partial charge in [-0.25, -0.2) is 8.78 Å². The molecular weight excluding hydrogens is 246 g/mol. The molecule has 0 bridgehead atoms. The van der Waals surface area contributed by atoms with Crippen molar-refractivity contribution < 1.29 is 13.5 Å². The summed E-state index contributed by atoms with van der Waals surface area (Å²) in [6, 6.07) is 10.6. The van der Waals surface area contributed by atoms with Crippen LogP contribution < -0.4 is 0 Å². The summed E-state index contributed by atoms with van der Waals surface area (Å²) in [4.78, 5) is 0. The van der Waals surface area contributed by atoms with E-state index in [4.69, 9.17) is 4.74 Å². The van der Waals surface area contributed by atoms with E-state index in [1.807, 2.05) is 24.3 Å². The van der Waals surface area contributed by atoms with Crippen molar-refractivity contribution in [2.24, 2.45) is 0 Å². The summed E-state index contributed by atoms with van der Waals surface area (Å²) in [5, 5.41) is 0. The van der Waals surface area contributed by atoms with Gasteiger partial charge in [-0.3, -0.25) is 0 Å². The first kappa shape index (κ1) is 13.7. The Kier molecular flexibility index (Phi) is 4.27. The molecular formula is C16H16F2O. The number of ether oxygens (including phenoxy) is 1. The lowest BCUT2D eigenvalue weighted by molar-refractivity contribution is 0.185. The van der Waals surface area contributed by atoms with Crippen molar-refractivity contribution in [3.8, 4) is 0 Å². The fourth-order valence-corrected chi connectivity index (χ4v) is 1.96. The lowest BCUT2D eigenvalue weighted by Crippen LogP contribution is -1.95. The minimum atomic E-state index is -0.494. The summed E-state index contributed by atoms with van der Waals surface area (Å²) in [6.07, 6.45) is 0.515. The molecule has 2 rings (SSSR count). The summed E-state index contributed by atoms with van der Waals surface area (Å²) >= 11 is 0. The normalized spacial score (nSPS) is 10.7.